The highest BCUT2D eigenvalue weighted by atomic mass is 79.9. The first-order chi connectivity index (χ1) is 6.69. The number of nitrogens with zero attached hydrogens (tertiary/aromatic N) is 2. The highest BCUT2D eigenvalue weighted by Gasteiger charge is 2.03. The predicted molar refractivity (Wildman–Crippen MR) is 59.0 cm³/mol. The minimum Gasteiger partial charge on any atom is -0.226 e. The van der Waals surface area contributed by atoms with Crippen LogP contribution in [0.2, 0.25) is 0 Å². The molecule has 0 bridgehead atoms. The summed E-state index contributed by atoms with van der Waals surface area (Å²) in [5.41, 5.74) is 1.75. The number of halogens is 1. The standard InChI is InChI=1S/C11H7BrN2/c1-8(11(7-13)14-2)9-4-3-5-10(12)6-9/h3-6H,1H3/b11-8-. The summed E-state index contributed by atoms with van der Waals surface area (Å²) >= 11 is 3.34. The van der Waals surface area contributed by atoms with Crippen molar-refractivity contribution in [2.75, 3.05) is 0 Å². The third kappa shape index (κ3) is 2.22. The molecular formula is C11H7BrN2. The zero-order valence-corrected chi connectivity index (χ0v) is 9.17. The predicted octanol–water partition coefficient (Wildman–Crippen LogP) is 3.62. The van der Waals surface area contributed by atoms with E-state index in [1.165, 1.54) is 0 Å². The average Bonchev–Trinajstić information content (AvgIpc) is 2.19. The van der Waals surface area contributed by atoms with Crippen LogP contribution in [0.15, 0.2) is 34.4 Å². The van der Waals surface area contributed by atoms with Crippen LogP contribution in [0.1, 0.15) is 12.5 Å². The van der Waals surface area contributed by atoms with Crippen molar-refractivity contribution < 1.29 is 0 Å². The van der Waals surface area contributed by atoms with E-state index >= 15 is 0 Å². The van der Waals surface area contributed by atoms with Crippen LogP contribution in [0.25, 0.3) is 10.4 Å². The Bertz CT molecular complexity index is 445. The van der Waals surface area contributed by atoms with E-state index in [9.17, 15) is 0 Å². The molecule has 0 radical (unpaired) electrons. The summed E-state index contributed by atoms with van der Waals surface area (Å²) in [5.74, 6) is 0. The lowest BCUT2D eigenvalue weighted by Crippen LogP contribution is -1.82. The summed E-state index contributed by atoms with van der Waals surface area (Å²) in [6.07, 6.45) is 0. The molecule has 0 fully saturated rings. The molecule has 0 aliphatic rings. The lowest BCUT2D eigenvalue weighted by atomic mass is 10.1. The lowest BCUT2D eigenvalue weighted by Gasteiger charge is -2.01. The van der Waals surface area contributed by atoms with Gasteiger partial charge < -0.3 is 0 Å². The minimum atomic E-state index is 0.142. The van der Waals surface area contributed by atoms with Gasteiger partial charge >= 0.3 is 0 Å². The van der Waals surface area contributed by atoms with E-state index in [0.29, 0.717) is 5.57 Å². The molecule has 0 saturated heterocycles. The highest BCUT2D eigenvalue weighted by molar-refractivity contribution is 9.10. The van der Waals surface area contributed by atoms with Gasteiger partial charge in [-0.1, -0.05) is 28.1 Å². The molecule has 0 atom stereocenters. The van der Waals surface area contributed by atoms with Gasteiger partial charge in [0.25, 0.3) is 5.70 Å². The Morgan fingerprint density at radius 3 is 2.79 bits per heavy atom. The van der Waals surface area contributed by atoms with Gasteiger partial charge in [0, 0.05) is 4.47 Å². The molecule has 0 aliphatic heterocycles. The van der Waals surface area contributed by atoms with E-state index in [0.717, 1.165) is 10.0 Å². The Morgan fingerprint density at radius 2 is 2.29 bits per heavy atom. The molecular weight excluding hydrogens is 240 g/mol. The summed E-state index contributed by atoms with van der Waals surface area (Å²) in [4.78, 5) is 3.17. The summed E-state index contributed by atoms with van der Waals surface area (Å²) < 4.78 is 0.941. The minimum absolute atomic E-state index is 0.142. The molecule has 0 unspecified atom stereocenters. The van der Waals surface area contributed by atoms with Crippen molar-refractivity contribution in [3.8, 4) is 6.07 Å². The monoisotopic (exact) mass is 246 g/mol. The van der Waals surface area contributed by atoms with Gasteiger partial charge in [0.2, 0.25) is 0 Å². The van der Waals surface area contributed by atoms with Crippen molar-refractivity contribution in [3.63, 3.8) is 0 Å². The molecule has 1 aromatic carbocycles. The Morgan fingerprint density at radius 1 is 1.57 bits per heavy atom. The van der Waals surface area contributed by atoms with Crippen LogP contribution in [-0.2, 0) is 0 Å². The fraction of sp³-hybridized carbons (Fsp3) is 0.0909. The maximum atomic E-state index is 8.69. The average molecular weight is 247 g/mol. The number of hydrogen-bond acceptors (Lipinski definition) is 1. The molecule has 0 amide bonds. The topological polar surface area (TPSA) is 28.1 Å². The third-order valence-corrected chi connectivity index (χ3v) is 2.32. The summed E-state index contributed by atoms with van der Waals surface area (Å²) in [7, 11) is 0. The van der Waals surface area contributed by atoms with E-state index < -0.39 is 0 Å². The van der Waals surface area contributed by atoms with Crippen LogP contribution in [0.5, 0.6) is 0 Å². The van der Waals surface area contributed by atoms with E-state index in [2.05, 4.69) is 20.8 Å². The number of allylic oxidation sites excluding steroid dienone is 2. The lowest BCUT2D eigenvalue weighted by molar-refractivity contribution is 1.46. The Labute approximate surface area is 91.4 Å². The van der Waals surface area contributed by atoms with Gasteiger partial charge in [0.05, 0.1) is 12.6 Å². The number of nitriles is 1. The molecule has 1 aromatic rings. The molecule has 0 aliphatic carbocycles. The van der Waals surface area contributed by atoms with Crippen molar-refractivity contribution in [3.05, 3.63) is 51.4 Å². The first kappa shape index (κ1) is 10.5. The van der Waals surface area contributed by atoms with Crippen molar-refractivity contribution in [2.45, 2.75) is 6.92 Å². The highest BCUT2D eigenvalue weighted by Crippen LogP contribution is 2.21. The number of benzene rings is 1. The van der Waals surface area contributed by atoms with E-state index in [1.807, 2.05) is 30.3 Å². The molecule has 0 aromatic heterocycles. The van der Waals surface area contributed by atoms with E-state index in [4.69, 9.17) is 11.8 Å². The van der Waals surface area contributed by atoms with Gasteiger partial charge in [0.15, 0.2) is 0 Å². The molecule has 68 valence electrons. The largest absolute Gasteiger partial charge is 0.265 e. The van der Waals surface area contributed by atoms with Crippen molar-refractivity contribution >= 4 is 21.5 Å². The molecule has 0 N–H and O–H groups in total. The molecule has 0 spiro atoms. The Kier molecular flexibility index (Phi) is 3.45. The zero-order chi connectivity index (χ0) is 10.6. The molecule has 2 nitrogen and oxygen atoms in total. The first-order valence-corrected chi connectivity index (χ1v) is 4.72. The molecule has 3 heteroatoms. The second-order valence-electron chi connectivity index (χ2n) is 2.71. The van der Waals surface area contributed by atoms with Crippen LogP contribution < -0.4 is 0 Å². The summed E-state index contributed by atoms with van der Waals surface area (Å²) in [6, 6.07) is 9.42. The normalized spacial score (nSPS) is 11.1. The van der Waals surface area contributed by atoms with Gasteiger partial charge in [-0.15, -0.1) is 0 Å². The summed E-state index contributed by atoms with van der Waals surface area (Å²) in [6.45, 7) is 8.60. The molecule has 14 heavy (non-hydrogen) atoms. The van der Waals surface area contributed by atoms with Gasteiger partial charge in [-0.05, 0) is 30.2 Å². The van der Waals surface area contributed by atoms with Crippen LogP contribution in [-0.4, -0.2) is 0 Å². The SMILES string of the molecule is [C-]#[N+]/C(C#N)=C(/C)c1cccc(Br)c1. The van der Waals surface area contributed by atoms with Gasteiger partial charge in [-0.25, -0.2) is 10.1 Å². The van der Waals surface area contributed by atoms with Crippen LogP contribution in [0.4, 0.5) is 0 Å². The Balaban J connectivity index is 3.27. The van der Waals surface area contributed by atoms with Crippen LogP contribution in [0, 0.1) is 17.9 Å². The second-order valence-corrected chi connectivity index (χ2v) is 3.62. The van der Waals surface area contributed by atoms with Crippen LogP contribution in [0.3, 0.4) is 0 Å². The number of hydrogen-bond donors (Lipinski definition) is 0. The number of rotatable bonds is 1. The smallest absolute Gasteiger partial charge is 0.226 e. The molecule has 0 saturated carbocycles. The fourth-order valence-electron chi connectivity index (χ4n) is 1.05. The quantitative estimate of drug-likeness (QED) is 0.550. The van der Waals surface area contributed by atoms with Crippen molar-refractivity contribution in [2.24, 2.45) is 0 Å². The van der Waals surface area contributed by atoms with Crippen molar-refractivity contribution in [1.82, 2.24) is 0 Å². The van der Waals surface area contributed by atoms with Gasteiger partial charge in [-0.3, -0.25) is 0 Å². The zero-order valence-electron chi connectivity index (χ0n) is 7.58. The maximum absolute atomic E-state index is 8.69. The molecule has 1 rings (SSSR count). The second kappa shape index (κ2) is 4.60. The maximum Gasteiger partial charge on any atom is 0.265 e. The molecule has 0 heterocycles. The van der Waals surface area contributed by atoms with E-state index in [1.54, 1.807) is 6.92 Å². The van der Waals surface area contributed by atoms with Gasteiger partial charge in [0.1, 0.15) is 0 Å². The van der Waals surface area contributed by atoms with Crippen LogP contribution >= 0.6 is 15.9 Å². The first-order valence-electron chi connectivity index (χ1n) is 3.93. The van der Waals surface area contributed by atoms with Crippen molar-refractivity contribution in [1.29, 1.82) is 5.26 Å². The third-order valence-electron chi connectivity index (χ3n) is 1.83. The Hall–Kier alpha value is -1.58. The van der Waals surface area contributed by atoms with Gasteiger partial charge in [-0.2, -0.15) is 0 Å². The van der Waals surface area contributed by atoms with E-state index in [-0.39, 0.29) is 5.70 Å². The fourth-order valence-corrected chi connectivity index (χ4v) is 1.45. The summed E-state index contributed by atoms with van der Waals surface area (Å²) in [5, 5.41) is 8.69.